The molecule has 0 saturated heterocycles. The predicted molar refractivity (Wildman–Crippen MR) is 86.8 cm³/mol. The number of para-hydroxylation sites is 1. The molecule has 3 rings (SSSR count). The Kier molecular flexibility index (Phi) is 3.67. The molecule has 1 aromatic heterocycles. The summed E-state index contributed by atoms with van der Waals surface area (Å²) in [6, 6.07) is 15.1. The SMILES string of the molecule is Cc1[nH]c2ccc(Cl)cc2c1CC(=O)Nc1ccccc1. The first kappa shape index (κ1) is 13.7. The minimum absolute atomic E-state index is 0.0369. The topological polar surface area (TPSA) is 44.9 Å². The van der Waals surface area contributed by atoms with Gasteiger partial charge in [0.2, 0.25) is 5.91 Å². The van der Waals surface area contributed by atoms with Crippen molar-refractivity contribution in [2.75, 3.05) is 5.32 Å². The lowest BCUT2D eigenvalue weighted by Crippen LogP contribution is -2.14. The molecule has 1 amide bonds. The number of anilines is 1. The fraction of sp³-hybridized carbons (Fsp3) is 0.118. The monoisotopic (exact) mass is 298 g/mol. The van der Waals surface area contributed by atoms with Crippen molar-refractivity contribution in [3.63, 3.8) is 0 Å². The number of H-pyrrole nitrogens is 1. The number of hydrogen-bond acceptors (Lipinski definition) is 1. The molecule has 0 fully saturated rings. The highest BCUT2D eigenvalue weighted by atomic mass is 35.5. The van der Waals surface area contributed by atoms with Crippen LogP contribution < -0.4 is 5.32 Å². The fourth-order valence-electron chi connectivity index (χ4n) is 2.47. The Morgan fingerprint density at radius 3 is 2.71 bits per heavy atom. The van der Waals surface area contributed by atoms with Crippen molar-refractivity contribution in [2.45, 2.75) is 13.3 Å². The second-order valence-corrected chi connectivity index (χ2v) is 5.45. The van der Waals surface area contributed by atoms with Crippen LogP contribution in [0.5, 0.6) is 0 Å². The number of amides is 1. The number of carbonyl (C=O) groups excluding carboxylic acids is 1. The number of hydrogen-bond donors (Lipinski definition) is 2. The Balaban J connectivity index is 1.86. The van der Waals surface area contributed by atoms with E-state index in [1.165, 1.54) is 0 Å². The van der Waals surface area contributed by atoms with Crippen molar-refractivity contribution in [1.82, 2.24) is 4.98 Å². The highest BCUT2D eigenvalue weighted by Crippen LogP contribution is 2.26. The van der Waals surface area contributed by atoms with Gasteiger partial charge in [-0.1, -0.05) is 29.8 Å². The van der Waals surface area contributed by atoms with E-state index in [2.05, 4.69) is 10.3 Å². The van der Waals surface area contributed by atoms with Crippen LogP contribution in [0.25, 0.3) is 10.9 Å². The van der Waals surface area contributed by atoms with Gasteiger partial charge in [0.05, 0.1) is 6.42 Å². The number of aryl methyl sites for hydroxylation is 1. The van der Waals surface area contributed by atoms with Crippen LogP contribution in [0, 0.1) is 6.92 Å². The van der Waals surface area contributed by atoms with E-state index in [1.807, 2.05) is 55.5 Å². The number of rotatable bonds is 3. The Hall–Kier alpha value is -2.26. The van der Waals surface area contributed by atoms with Gasteiger partial charge in [-0.25, -0.2) is 0 Å². The van der Waals surface area contributed by atoms with Crippen molar-refractivity contribution < 1.29 is 4.79 Å². The normalized spacial score (nSPS) is 10.8. The molecular formula is C17H15ClN2O. The van der Waals surface area contributed by atoms with Gasteiger partial charge in [0.25, 0.3) is 0 Å². The molecule has 1 heterocycles. The van der Waals surface area contributed by atoms with E-state index in [1.54, 1.807) is 0 Å². The molecule has 0 spiro atoms. The first-order chi connectivity index (χ1) is 10.1. The summed E-state index contributed by atoms with van der Waals surface area (Å²) in [4.78, 5) is 15.5. The van der Waals surface area contributed by atoms with E-state index >= 15 is 0 Å². The quantitative estimate of drug-likeness (QED) is 0.743. The summed E-state index contributed by atoms with van der Waals surface area (Å²) >= 11 is 6.05. The van der Waals surface area contributed by atoms with Crippen molar-refractivity contribution in [3.05, 3.63) is 64.8 Å². The van der Waals surface area contributed by atoms with Gasteiger partial charge < -0.3 is 10.3 Å². The maximum Gasteiger partial charge on any atom is 0.228 e. The van der Waals surface area contributed by atoms with Crippen LogP contribution in [0.3, 0.4) is 0 Å². The van der Waals surface area contributed by atoms with Crippen molar-refractivity contribution in [1.29, 1.82) is 0 Å². The molecule has 3 aromatic rings. The molecule has 4 heteroatoms. The van der Waals surface area contributed by atoms with Crippen molar-refractivity contribution in [2.24, 2.45) is 0 Å². The smallest absolute Gasteiger partial charge is 0.228 e. The number of halogens is 1. The third-order valence-corrected chi connectivity index (χ3v) is 3.71. The number of carbonyl (C=O) groups is 1. The summed E-state index contributed by atoms with van der Waals surface area (Å²) in [6.45, 7) is 1.97. The minimum atomic E-state index is -0.0369. The van der Waals surface area contributed by atoms with Crippen LogP contribution in [0.15, 0.2) is 48.5 Å². The van der Waals surface area contributed by atoms with Gasteiger partial charge in [-0.2, -0.15) is 0 Å². The molecular weight excluding hydrogens is 284 g/mol. The second kappa shape index (κ2) is 5.62. The average Bonchev–Trinajstić information content (AvgIpc) is 2.76. The van der Waals surface area contributed by atoms with E-state index in [4.69, 9.17) is 11.6 Å². The first-order valence-corrected chi connectivity index (χ1v) is 7.13. The number of aromatic amines is 1. The summed E-state index contributed by atoms with van der Waals surface area (Å²) in [5, 5.41) is 4.58. The summed E-state index contributed by atoms with van der Waals surface area (Å²) in [6.07, 6.45) is 0.321. The van der Waals surface area contributed by atoms with Crippen LogP contribution in [-0.2, 0) is 11.2 Å². The van der Waals surface area contributed by atoms with Gasteiger partial charge in [-0.3, -0.25) is 4.79 Å². The van der Waals surface area contributed by atoms with Crippen LogP contribution >= 0.6 is 11.6 Å². The molecule has 0 unspecified atom stereocenters. The highest BCUT2D eigenvalue weighted by Gasteiger charge is 2.13. The van der Waals surface area contributed by atoms with Crippen molar-refractivity contribution in [3.8, 4) is 0 Å². The third kappa shape index (κ3) is 2.93. The Bertz CT molecular complexity index is 793. The zero-order valence-electron chi connectivity index (χ0n) is 11.6. The summed E-state index contributed by atoms with van der Waals surface area (Å²) < 4.78 is 0. The molecule has 0 aliphatic rings. The van der Waals surface area contributed by atoms with Gasteiger partial charge in [0.15, 0.2) is 0 Å². The first-order valence-electron chi connectivity index (χ1n) is 6.75. The molecule has 0 aliphatic heterocycles. The molecule has 2 aromatic carbocycles. The van der Waals surface area contributed by atoms with Gasteiger partial charge >= 0.3 is 0 Å². The Morgan fingerprint density at radius 1 is 1.19 bits per heavy atom. The molecule has 0 saturated carbocycles. The number of benzene rings is 2. The Labute approximate surface area is 127 Å². The molecule has 0 radical (unpaired) electrons. The maximum absolute atomic E-state index is 12.2. The fourth-order valence-corrected chi connectivity index (χ4v) is 2.64. The van der Waals surface area contributed by atoms with E-state index < -0.39 is 0 Å². The summed E-state index contributed by atoms with van der Waals surface area (Å²) in [5.41, 5.74) is 3.79. The van der Waals surface area contributed by atoms with E-state index in [9.17, 15) is 4.79 Å². The highest BCUT2D eigenvalue weighted by molar-refractivity contribution is 6.31. The molecule has 0 aliphatic carbocycles. The van der Waals surface area contributed by atoms with E-state index in [0.717, 1.165) is 27.8 Å². The summed E-state index contributed by atoms with van der Waals surface area (Å²) in [7, 11) is 0. The maximum atomic E-state index is 12.2. The van der Waals surface area contributed by atoms with Crippen LogP contribution in [-0.4, -0.2) is 10.9 Å². The van der Waals surface area contributed by atoms with Crippen LogP contribution in [0.2, 0.25) is 5.02 Å². The lowest BCUT2D eigenvalue weighted by Gasteiger charge is -2.05. The second-order valence-electron chi connectivity index (χ2n) is 5.01. The molecule has 106 valence electrons. The molecule has 0 bridgehead atoms. The lowest BCUT2D eigenvalue weighted by atomic mass is 10.1. The zero-order chi connectivity index (χ0) is 14.8. The lowest BCUT2D eigenvalue weighted by molar-refractivity contribution is -0.115. The third-order valence-electron chi connectivity index (χ3n) is 3.48. The zero-order valence-corrected chi connectivity index (χ0v) is 12.4. The van der Waals surface area contributed by atoms with E-state index in [0.29, 0.717) is 11.4 Å². The average molecular weight is 299 g/mol. The standard InChI is InChI=1S/C17H15ClN2O/c1-11-14(15-9-12(18)7-8-16(15)19-11)10-17(21)20-13-5-3-2-4-6-13/h2-9,19H,10H2,1H3,(H,20,21). The molecule has 2 N–H and O–H groups in total. The summed E-state index contributed by atoms with van der Waals surface area (Å²) in [5.74, 6) is -0.0369. The predicted octanol–water partition coefficient (Wildman–Crippen LogP) is 4.31. The molecule has 3 nitrogen and oxygen atoms in total. The van der Waals surface area contributed by atoms with E-state index in [-0.39, 0.29) is 5.91 Å². The largest absolute Gasteiger partial charge is 0.358 e. The molecule has 21 heavy (non-hydrogen) atoms. The van der Waals surface area contributed by atoms with Gasteiger partial charge in [-0.05, 0) is 42.8 Å². The van der Waals surface area contributed by atoms with Crippen LogP contribution in [0.1, 0.15) is 11.3 Å². The van der Waals surface area contributed by atoms with Gasteiger partial charge in [0, 0.05) is 27.3 Å². The Morgan fingerprint density at radius 2 is 1.95 bits per heavy atom. The van der Waals surface area contributed by atoms with Gasteiger partial charge in [0.1, 0.15) is 0 Å². The van der Waals surface area contributed by atoms with Crippen molar-refractivity contribution >= 4 is 34.1 Å². The van der Waals surface area contributed by atoms with Gasteiger partial charge in [-0.15, -0.1) is 0 Å². The minimum Gasteiger partial charge on any atom is -0.358 e. The molecule has 0 atom stereocenters. The number of fused-ring (bicyclic) bond motifs is 1. The van der Waals surface area contributed by atoms with Crippen LogP contribution in [0.4, 0.5) is 5.69 Å². The number of nitrogens with one attached hydrogen (secondary N) is 2. The number of aromatic nitrogens is 1.